The molecule has 0 bridgehead atoms. The van der Waals surface area contributed by atoms with Crippen LogP contribution in [-0.4, -0.2) is 25.2 Å². The van der Waals surface area contributed by atoms with Gasteiger partial charge >= 0.3 is 6.09 Å². The molecule has 0 fully saturated rings. The molecule has 2 amide bonds. The van der Waals surface area contributed by atoms with Crippen LogP contribution in [0.4, 0.5) is 13.6 Å². The number of rotatable bonds is 4. The summed E-state index contributed by atoms with van der Waals surface area (Å²) in [6, 6.07) is 2.53. The van der Waals surface area contributed by atoms with Crippen LogP contribution in [0.15, 0.2) is 18.2 Å². The van der Waals surface area contributed by atoms with E-state index < -0.39 is 29.2 Å². The van der Waals surface area contributed by atoms with E-state index in [-0.39, 0.29) is 13.2 Å². The second-order valence-electron chi connectivity index (χ2n) is 3.05. The maximum absolute atomic E-state index is 13.1. The molecule has 0 aliphatic rings. The highest BCUT2D eigenvalue weighted by Gasteiger charge is 2.12. The number of amides is 2. The van der Waals surface area contributed by atoms with Crippen molar-refractivity contribution in [2.75, 3.05) is 13.2 Å². The topological polar surface area (TPSA) is 81.4 Å². The first-order valence-corrected chi connectivity index (χ1v) is 4.66. The van der Waals surface area contributed by atoms with Gasteiger partial charge in [0.1, 0.15) is 18.2 Å². The van der Waals surface area contributed by atoms with E-state index in [2.05, 4.69) is 15.8 Å². The van der Waals surface area contributed by atoms with Gasteiger partial charge in [-0.15, -0.1) is 0 Å². The Morgan fingerprint density at radius 2 is 2.06 bits per heavy atom. The van der Waals surface area contributed by atoms with Gasteiger partial charge in [0.05, 0.1) is 12.1 Å². The summed E-state index contributed by atoms with van der Waals surface area (Å²) in [5.41, 5.74) is 4.27. The van der Waals surface area contributed by atoms with Crippen LogP contribution in [0, 0.1) is 11.6 Å². The first-order valence-electron chi connectivity index (χ1n) is 4.66. The van der Waals surface area contributed by atoms with Gasteiger partial charge in [0, 0.05) is 0 Å². The van der Waals surface area contributed by atoms with Crippen molar-refractivity contribution in [2.24, 2.45) is 5.73 Å². The Morgan fingerprint density at radius 3 is 2.71 bits per heavy atom. The van der Waals surface area contributed by atoms with Crippen LogP contribution in [0.25, 0.3) is 0 Å². The van der Waals surface area contributed by atoms with Gasteiger partial charge in [-0.25, -0.2) is 13.6 Å². The maximum atomic E-state index is 13.1. The Balaban J connectivity index is 2.52. The third kappa shape index (κ3) is 4.06. The SMILES string of the molecule is NC(=O)OCCNC(=O)c1cc(F)ccc1F. The molecule has 0 unspecified atom stereocenters. The predicted octanol–water partition coefficient (Wildman–Crippen LogP) is 0.790. The molecule has 17 heavy (non-hydrogen) atoms. The van der Waals surface area contributed by atoms with Crippen molar-refractivity contribution in [2.45, 2.75) is 0 Å². The molecule has 5 nitrogen and oxygen atoms in total. The summed E-state index contributed by atoms with van der Waals surface area (Å²) in [4.78, 5) is 21.6. The number of primary amides is 1. The molecule has 1 aromatic rings. The monoisotopic (exact) mass is 244 g/mol. The Labute approximate surface area is 95.5 Å². The molecule has 92 valence electrons. The lowest BCUT2D eigenvalue weighted by Crippen LogP contribution is -2.29. The zero-order valence-electron chi connectivity index (χ0n) is 8.70. The van der Waals surface area contributed by atoms with Crippen molar-refractivity contribution in [3.8, 4) is 0 Å². The Kier molecular flexibility index (Phi) is 4.38. The molecule has 3 N–H and O–H groups in total. The average molecular weight is 244 g/mol. The minimum Gasteiger partial charge on any atom is -0.448 e. The molecule has 0 spiro atoms. The van der Waals surface area contributed by atoms with E-state index >= 15 is 0 Å². The summed E-state index contributed by atoms with van der Waals surface area (Å²) >= 11 is 0. The third-order valence-electron chi connectivity index (χ3n) is 1.80. The molecule has 0 aliphatic heterocycles. The minimum absolute atomic E-state index is 0.0439. The molecule has 0 saturated heterocycles. The summed E-state index contributed by atoms with van der Waals surface area (Å²) in [6.07, 6.45) is -0.976. The van der Waals surface area contributed by atoms with E-state index in [0.717, 1.165) is 18.2 Å². The molecule has 0 saturated carbocycles. The normalized spacial score (nSPS) is 9.76. The van der Waals surface area contributed by atoms with Crippen LogP contribution < -0.4 is 11.1 Å². The highest BCUT2D eigenvalue weighted by atomic mass is 19.1. The fourth-order valence-corrected chi connectivity index (χ4v) is 1.08. The number of nitrogens with two attached hydrogens (primary N) is 1. The van der Waals surface area contributed by atoms with Crippen LogP contribution in [0.5, 0.6) is 0 Å². The number of carbonyl (C=O) groups excluding carboxylic acids is 2. The van der Waals surface area contributed by atoms with Gasteiger partial charge in [0.15, 0.2) is 0 Å². The first-order chi connectivity index (χ1) is 8.00. The minimum atomic E-state index is -0.976. The summed E-state index contributed by atoms with van der Waals surface area (Å²) in [5.74, 6) is -2.35. The van der Waals surface area contributed by atoms with E-state index in [1.807, 2.05) is 0 Å². The second kappa shape index (κ2) is 5.78. The van der Waals surface area contributed by atoms with Gasteiger partial charge in [-0.1, -0.05) is 0 Å². The van der Waals surface area contributed by atoms with Gasteiger partial charge in [0.25, 0.3) is 5.91 Å². The van der Waals surface area contributed by atoms with Crippen molar-refractivity contribution in [3.05, 3.63) is 35.4 Å². The van der Waals surface area contributed by atoms with Crippen molar-refractivity contribution in [1.82, 2.24) is 5.32 Å². The van der Waals surface area contributed by atoms with Crippen LogP contribution in [-0.2, 0) is 4.74 Å². The zero-order chi connectivity index (χ0) is 12.8. The van der Waals surface area contributed by atoms with E-state index in [1.54, 1.807) is 0 Å². The molecule has 0 radical (unpaired) electrons. The van der Waals surface area contributed by atoms with Crippen molar-refractivity contribution >= 4 is 12.0 Å². The largest absolute Gasteiger partial charge is 0.448 e. The second-order valence-corrected chi connectivity index (χ2v) is 3.05. The number of halogens is 2. The lowest BCUT2D eigenvalue weighted by Gasteiger charge is -2.06. The maximum Gasteiger partial charge on any atom is 0.404 e. The molecule has 1 rings (SSSR count). The number of carbonyl (C=O) groups is 2. The summed E-state index contributed by atoms with van der Waals surface area (Å²) in [7, 11) is 0. The van der Waals surface area contributed by atoms with E-state index in [1.165, 1.54) is 0 Å². The van der Waals surface area contributed by atoms with Gasteiger partial charge in [-0.2, -0.15) is 0 Å². The summed E-state index contributed by atoms with van der Waals surface area (Å²) in [6.45, 7) is -0.185. The molecule has 1 aromatic carbocycles. The van der Waals surface area contributed by atoms with Crippen LogP contribution in [0.1, 0.15) is 10.4 Å². The Morgan fingerprint density at radius 1 is 1.35 bits per heavy atom. The highest BCUT2D eigenvalue weighted by Crippen LogP contribution is 2.09. The third-order valence-corrected chi connectivity index (χ3v) is 1.80. The number of benzene rings is 1. The number of hydrogen-bond acceptors (Lipinski definition) is 3. The van der Waals surface area contributed by atoms with Crippen LogP contribution in [0.2, 0.25) is 0 Å². The lowest BCUT2D eigenvalue weighted by atomic mass is 10.2. The predicted molar refractivity (Wildman–Crippen MR) is 54.2 cm³/mol. The van der Waals surface area contributed by atoms with E-state index in [4.69, 9.17) is 0 Å². The average Bonchev–Trinajstić information content (AvgIpc) is 2.27. The molecule has 7 heteroatoms. The molecule has 0 heterocycles. The van der Waals surface area contributed by atoms with Crippen molar-refractivity contribution < 1.29 is 23.1 Å². The summed E-state index contributed by atoms with van der Waals surface area (Å²) in [5, 5.41) is 2.24. The van der Waals surface area contributed by atoms with E-state index in [9.17, 15) is 18.4 Å². The van der Waals surface area contributed by atoms with Crippen LogP contribution >= 0.6 is 0 Å². The van der Waals surface area contributed by atoms with Crippen LogP contribution in [0.3, 0.4) is 0 Å². The fourth-order valence-electron chi connectivity index (χ4n) is 1.08. The lowest BCUT2D eigenvalue weighted by molar-refractivity contribution is 0.0932. The van der Waals surface area contributed by atoms with Crippen molar-refractivity contribution in [1.29, 1.82) is 0 Å². The standard InChI is InChI=1S/C10H10F2N2O3/c11-6-1-2-8(12)7(5-6)9(15)14-3-4-17-10(13)16/h1-2,5H,3-4H2,(H2,13,16)(H,14,15). The first kappa shape index (κ1) is 12.9. The molecule has 0 aliphatic carbocycles. The van der Waals surface area contributed by atoms with Gasteiger partial charge in [0.2, 0.25) is 0 Å². The molecule has 0 atom stereocenters. The molecule has 0 aromatic heterocycles. The van der Waals surface area contributed by atoms with E-state index in [0.29, 0.717) is 0 Å². The smallest absolute Gasteiger partial charge is 0.404 e. The molecular weight excluding hydrogens is 234 g/mol. The quantitative estimate of drug-likeness (QED) is 0.768. The number of nitrogens with one attached hydrogen (secondary N) is 1. The number of ether oxygens (including phenoxy) is 1. The summed E-state index contributed by atoms with van der Waals surface area (Å²) < 4.78 is 30.2. The Bertz CT molecular complexity index is 438. The molecular formula is C10H10F2N2O3. The van der Waals surface area contributed by atoms with Gasteiger partial charge < -0.3 is 15.8 Å². The Hall–Kier alpha value is -2.18. The van der Waals surface area contributed by atoms with Crippen molar-refractivity contribution in [3.63, 3.8) is 0 Å². The van der Waals surface area contributed by atoms with Gasteiger partial charge in [-0.05, 0) is 18.2 Å². The number of hydrogen-bond donors (Lipinski definition) is 2. The fraction of sp³-hybridized carbons (Fsp3) is 0.200. The zero-order valence-corrected chi connectivity index (χ0v) is 8.70. The van der Waals surface area contributed by atoms with Gasteiger partial charge in [-0.3, -0.25) is 4.79 Å². The highest BCUT2D eigenvalue weighted by molar-refractivity contribution is 5.94.